The standard InChI is InChI=1S/C20H14O2S/c21-19-11-15(9-13-5-1-3-7-17(13)19)23-16-10-14-6-2-4-8-18(14)20(22)12-16/h1-12,21-22H. The topological polar surface area (TPSA) is 40.5 Å². The van der Waals surface area contributed by atoms with Gasteiger partial charge in [0.2, 0.25) is 0 Å². The number of phenols is 2. The molecule has 4 rings (SSSR count). The molecular formula is C20H14O2S. The minimum Gasteiger partial charge on any atom is -0.507 e. The van der Waals surface area contributed by atoms with Crippen molar-refractivity contribution in [2.24, 2.45) is 0 Å². The first-order chi connectivity index (χ1) is 11.2. The number of phenolic OH excluding ortho intramolecular Hbond substituents is 2. The summed E-state index contributed by atoms with van der Waals surface area (Å²) in [4.78, 5) is 1.88. The number of hydrogen-bond acceptors (Lipinski definition) is 3. The molecule has 0 fully saturated rings. The molecule has 112 valence electrons. The highest BCUT2D eigenvalue weighted by molar-refractivity contribution is 7.99. The molecular weight excluding hydrogens is 304 g/mol. The number of fused-ring (bicyclic) bond motifs is 2. The van der Waals surface area contributed by atoms with Crippen LogP contribution in [0.3, 0.4) is 0 Å². The molecule has 0 radical (unpaired) electrons. The molecule has 0 aromatic heterocycles. The van der Waals surface area contributed by atoms with Crippen molar-refractivity contribution in [3.63, 3.8) is 0 Å². The molecule has 4 aromatic carbocycles. The summed E-state index contributed by atoms with van der Waals surface area (Å²) in [7, 11) is 0. The van der Waals surface area contributed by atoms with Gasteiger partial charge >= 0.3 is 0 Å². The quantitative estimate of drug-likeness (QED) is 0.508. The van der Waals surface area contributed by atoms with E-state index in [1.165, 1.54) is 11.8 Å². The second-order valence-corrected chi connectivity index (χ2v) is 6.58. The molecule has 4 aromatic rings. The van der Waals surface area contributed by atoms with Gasteiger partial charge in [-0.05, 0) is 35.0 Å². The third kappa shape index (κ3) is 2.60. The van der Waals surface area contributed by atoms with Crippen LogP contribution in [-0.4, -0.2) is 10.2 Å². The van der Waals surface area contributed by atoms with Gasteiger partial charge in [0.25, 0.3) is 0 Å². The third-order valence-electron chi connectivity index (χ3n) is 3.86. The van der Waals surface area contributed by atoms with E-state index >= 15 is 0 Å². The van der Waals surface area contributed by atoms with E-state index in [2.05, 4.69) is 0 Å². The van der Waals surface area contributed by atoms with Gasteiger partial charge in [-0.1, -0.05) is 60.3 Å². The zero-order valence-corrected chi connectivity index (χ0v) is 13.0. The van der Waals surface area contributed by atoms with Gasteiger partial charge in [-0.3, -0.25) is 0 Å². The second kappa shape index (κ2) is 5.52. The monoisotopic (exact) mass is 318 g/mol. The highest BCUT2D eigenvalue weighted by atomic mass is 32.2. The molecule has 0 aliphatic heterocycles. The molecule has 2 nitrogen and oxygen atoms in total. The van der Waals surface area contributed by atoms with Gasteiger partial charge in [0.05, 0.1) is 0 Å². The van der Waals surface area contributed by atoms with Crippen LogP contribution in [0.5, 0.6) is 11.5 Å². The fourth-order valence-electron chi connectivity index (χ4n) is 2.78. The van der Waals surface area contributed by atoms with Gasteiger partial charge in [-0.2, -0.15) is 0 Å². The fraction of sp³-hybridized carbons (Fsp3) is 0. The van der Waals surface area contributed by atoms with Crippen LogP contribution in [0.4, 0.5) is 0 Å². The Bertz CT molecular complexity index is 941. The van der Waals surface area contributed by atoms with E-state index in [-0.39, 0.29) is 11.5 Å². The van der Waals surface area contributed by atoms with Gasteiger partial charge in [0.15, 0.2) is 0 Å². The van der Waals surface area contributed by atoms with Crippen LogP contribution >= 0.6 is 11.8 Å². The normalized spacial score (nSPS) is 11.1. The van der Waals surface area contributed by atoms with Crippen LogP contribution in [0.25, 0.3) is 21.5 Å². The predicted molar refractivity (Wildman–Crippen MR) is 95.3 cm³/mol. The van der Waals surface area contributed by atoms with Gasteiger partial charge in [0, 0.05) is 20.6 Å². The number of hydrogen-bond donors (Lipinski definition) is 2. The molecule has 23 heavy (non-hydrogen) atoms. The predicted octanol–water partition coefficient (Wildman–Crippen LogP) is 5.56. The van der Waals surface area contributed by atoms with Crippen LogP contribution in [0.1, 0.15) is 0 Å². The van der Waals surface area contributed by atoms with E-state index in [0.717, 1.165) is 31.3 Å². The first kappa shape index (κ1) is 14.0. The summed E-state index contributed by atoms with van der Waals surface area (Å²) in [5.41, 5.74) is 0. The van der Waals surface area contributed by atoms with Crippen molar-refractivity contribution >= 4 is 33.3 Å². The number of benzene rings is 4. The molecule has 0 spiro atoms. The van der Waals surface area contributed by atoms with E-state index in [1.54, 1.807) is 12.1 Å². The maximum Gasteiger partial charge on any atom is 0.124 e. The van der Waals surface area contributed by atoms with Crippen molar-refractivity contribution < 1.29 is 10.2 Å². The molecule has 2 N–H and O–H groups in total. The average molecular weight is 318 g/mol. The maximum atomic E-state index is 10.2. The molecule has 0 heterocycles. The highest BCUT2D eigenvalue weighted by Crippen LogP contribution is 2.38. The highest BCUT2D eigenvalue weighted by Gasteiger charge is 2.07. The van der Waals surface area contributed by atoms with E-state index in [4.69, 9.17) is 0 Å². The number of rotatable bonds is 2. The molecule has 0 saturated heterocycles. The lowest BCUT2D eigenvalue weighted by Crippen LogP contribution is -1.80. The first-order valence-electron chi connectivity index (χ1n) is 7.32. The molecule has 3 heteroatoms. The third-order valence-corrected chi connectivity index (χ3v) is 4.81. The summed E-state index contributed by atoms with van der Waals surface area (Å²) in [6.07, 6.45) is 0. The van der Waals surface area contributed by atoms with Crippen molar-refractivity contribution in [3.05, 3.63) is 72.8 Å². The molecule has 0 bridgehead atoms. The number of aromatic hydroxyl groups is 2. The maximum absolute atomic E-state index is 10.2. The van der Waals surface area contributed by atoms with Gasteiger partial charge in [-0.25, -0.2) is 0 Å². The lowest BCUT2D eigenvalue weighted by molar-refractivity contribution is 0.480. The average Bonchev–Trinajstić information content (AvgIpc) is 2.55. The van der Waals surface area contributed by atoms with E-state index in [1.807, 2.05) is 60.7 Å². The Morgan fingerprint density at radius 3 is 1.48 bits per heavy atom. The van der Waals surface area contributed by atoms with Crippen molar-refractivity contribution in [1.29, 1.82) is 0 Å². The van der Waals surface area contributed by atoms with E-state index in [9.17, 15) is 10.2 Å². The minimum atomic E-state index is 0.274. The molecule has 0 saturated carbocycles. The summed E-state index contributed by atoms with van der Waals surface area (Å²) < 4.78 is 0. The Morgan fingerprint density at radius 1 is 0.565 bits per heavy atom. The molecule has 0 aliphatic carbocycles. The van der Waals surface area contributed by atoms with E-state index in [0.29, 0.717) is 0 Å². The smallest absolute Gasteiger partial charge is 0.124 e. The van der Waals surface area contributed by atoms with Gasteiger partial charge < -0.3 is 10.2 Å². The summed E-state index contributed by atoms with van der Waals surface area (Å²) in [6.45, 7) is 0. The minimum absolute atomic E-state index is 0.274. The van der Waals surface area contributed by atoms with Crippen LogP contribution in [0, 0.1) is 0 Å². The van der Waals surface area contributed by atoms with Crippen LogP contribution in [0.2, 0.25) is 0 Å². The Kier molecular flexibility index (Phi) is 3.36. The van der Waals surface area contributed by atoms with Crippen molar-refractivity contribution in [3.8, 4) is 11.5 Å². The second-order valence-electron chi connectivity index (χ2n) is 5.43. The van der Waals surface area contributed by atoms with Crippen LogP contribution in [0.15, 0.2) is 82.6 Å². The Hall–Kier alpha value is -2.65. The van der Waals surface area contributed by atoms with Gasteiger partial charge in [0.1, 0.15) is 11.5 Å². The van der Waals surface area contributed by atoms with E-state index < -0.39 is 0 Å². The van der Waals surface area contributed by atoms with Crippen molar-refractivity contribution in [1.82, 2.24) is 0 Å². The molecule has 0 atom stereocenters. The SMILES string of the molecule is Oc1cc(Sc2cc(O)c3ccccc3c2)cc2ccccc12. The summed E-state index contributed by atoms with van der Waals surface area (Å²) in [6, 6.07) is 23.1. The van der Waals surface area contributed by atoms with Crippen molar-refractivity contribution in [2.75, 3.05) is 0 Å². The largest absolute Gasteiger partial charge is 0.507 e. The zero-order chi connectivity index (χ0) is 15.8. The fourth-order valence-corrected chi connectivity index (χ4v) is 3.77. The van der Waals surface area contributed by atoms with Crippen molar-refractivity contribution in [2.45, 2.75) is 9.79 Å². The zero-order valence-electron chi connectivity index (χ0n) is 12.2. The Balaban J connectivity index is 1.78. The molecule has 0 amide bonds. The van der Waals surface area contributed by atoms with Crippen LogP contribution < -0.4 is 0 Å². The lowest BCUT2D eigenvalue weighted by atomic mass is 10.1. The summed E-state index contributed by atoms with van der Waals surface area (Å²) in [5.74, 6) is 0.547. The Morgan fingerprint density at radius 2 is 1.00 bits per heavy atom. The van der Waals surface area contributed by atoms with Gasteiger partial charge in [-0.15, -0.1) is 0 Å². The van der Waals surface area contributed by atoms with Crippen LogP contribution in [-0.2, 0) is 0 Å². The summed E-state index contributed by atoms with van der Waals surface area (Å²) >= 11 is 1.53. The lowest BCUT2D eigenvalue weighted by Gasteiger charge is -2.08. The molecule has 0 aliphatic rings. The first-order valence-corrected chi connectivity index (χ1v) is 8.14. The summed E-state index contributed by atoms with van der Waals surface area (Å²) in [5, 5.41) is 24.1. The Labute approximate surface area is 138 Å². The molecule has 0 unspecified atom stereocenters.